The van der Waals surface area contributed by atoms with E-state index in [4.69, 9.17) is 28.4 Å². The van der Waals surface area contributed by atoms with Gasteiger partial charge in [0.25, 0.3) is 0 Å². The van der Waals surface area contributed by atoms with Gasteiger partial charge in [0.05, 0.1) is 6.61 Å². The van der Waals surface area contributed by atoms with Gasteiger partial charge in [0.2, 0.25) is 0 Å². The SMILES string of the molecule is CN1CCC(CCN2CCN(C)CC2)CC1.CN1CCC(CN2C[C@H]3C[C@@H]2CN3C)CC1.CN1CCN(C2CN(C)C2)CC1.CN1CCN(CCC2CCN(C)C2)CC1.COCCC1CC2(C1)CN(C)C2.COCCCN1CCN(C)CC1.COCCCOCCCOC.COCCN(C)C1CCN(C)C1. The zero-order chi connectivity index (χ0) is 76.5. The van der Waals surface area contributed by atoms with Crippen LogP contribution in [0.4, 0.5) is 0 Å². The minimum absolute atomic E-state index is 0.741. The van der Waals surface area contributed by atoms with E-state index in [2.05, 4.69) is 168 Å². The predicted molar refractivity (Wildman–Crippen MR) is 444 cm³/mol. The number of methoxy groups -OCH3 is 5. The lowest BCUT2D eigenvalue weighted by Crippen LogP contribution is -2.61. The summed E-state index contributed by atoms with van der Waals surface area (Å²) in [4.78, 5) is 42.4. The first-order valence-electron chi connectivity index (χ1n) is 43.1. The number of hydrogen-bond acceptors (Lipinski definition) is 23. The Hall–Kier alpha value is -0.920. The molecule has 12 saturated heterocycles. The van der Waals surface area contributed by atoms with Crippen molar-refractivity contribution in [1.29, 1.82) is 0 Å². The second-order valence-electron chi connectivity index (χ2n) is 35.6. The fourth-order valence-electron chi connectivity index (χ4n) is 18.2. The van der Waals surface area contributed by atoms with Crippen LogP contribution in [-0.4, -0.2) is 503 Å². The fraction of sp³-hybridized carbons (Fsp3) is 1.00. The van der Waals surface area contributed by atoms with Crippen molar-refractivity contribution >= 4 is 0 Å². The molecule has 13 fully saturated rings. The second kappa shape index (κ2) is 54.0. The molecule has 1 aliphatic carbocycles. The summed E-state index contributed by atoms with van der Waals surface area (Å²) >= 11 is 0. The lowest BCUT2D eigenvalue weighted by atomic mass is 9.57. The molecule has 2 bridgehead atoms. The van der Waals surface area contributed by atoms with E-state index in [0.29, 0.717) is 0 Å². The molecule has 0 radical (unpaired) electrons. The molecule has 23 nitrogen and oxygen atoms in total. The smallest absolute Gasteiger partial charge is 0.0589 e. The molecule has 106 heavy (non-hydrogen) atoms. The summed E-state index contributed by atoms with van der Waals surface area (Å²) in [5.74, 6) is 3.91. The third-order valence-electron chi connectivity index (χ3n) is 26.0. The number of piperidine rings is 2. The van der Waals surface area contributed by atoms with Crippen molar-refractivity contribution < 1.29 is 28.4 Å². The Morgan fingerprint density at radius 2 is 0.764 bits per heavy atom. The number of hydrogen-bond donors (Lipinski definition) is 0. The first kappa shape index (κ1) is 93.9. The number of ether oxygens (including phenoxy) is 6. The normalized spacial score (nSPS) is 27.5. The van der Waals surface area contributed by atoms with Crippen molar-refractivity contribution in [3.63, 3.8) is 0 Å². The monoisotopic (exact) mass is 1500 g/mol. The quantitative estimate of drug-likeness (QED) is 0.100. The zero-order valence-electron chi connectivity index (χ0n) is 72.5. The van der Waals surface area contributed by atoms with Crippen LogP contribution in [0.3, 0.4) is 0 Å². The Balaban J connectivity index is 0.000000191. The Bertz CT molecular complexity index is 2060. The van der Waals surface area contributed by atoms with Crippen LogP contribution in [0.2, 0.25) is 0 Å². The van der Waals surface area contributed by atoms with Crippen molar-refractivity contribution in [2.45, 2.75) is 120 Å². The summed E-state index contributed by atoms with van der Waals surface area (Å²) < 4.78 is 30.1. The third-order valence-corrected chi connectivity index (χ3v) is 26.0. The van der Waals surface area contributed by atoms with Crippen molar-refractivity contribution in [3.05, 3.63) is 0 Å². The largest absolute Gasteiger partial charge is 0.385 e. The molecule has 23 heteroatoms. The van der Waals surface area contributed by atoms with E-state index < -0.39 is 0 Å². The van der Waals surface area contributed by atoms with Gasteiger partial charge in [-0.2, -0.15) is 0 Å². The van der Waals surface area contributed by atoms with Gasteiger partial charge in [0, 0.05) is 276 Å². The van der Waals surface area contributed by atoms with E-state index in [0.717, 1.165) is 119 Å². The number of fused-ring (bicyclic) bond motifs is 2. The van der Waals surface area contributed by atoms with Crippen LogP contribution < -0.4 is 0 Å². The highest BCUT2D eigenvalue weighted by molar-refractivity contribution is 5.03. The molecule has 13 aliphatic rings. The van der Waals surface area contributed by atoms with Crippen LogP contribution in [0.1, 0.15) is 96.3 Å². The minimum atomic E-state index is 0.741. The summed E-state index contributed by atoms with van der Waals surface area (Å²) in [6, 6.07) is 3.36. The van der Waals surface area contributed by atoms with Crippen LogP contribution in [0.5, 0.6) is 0 Å². The number of rotatable bonds is 28. The average molecular weight is 1510 g/mol. The molecule has 1 spiro atoms. The van der Waals surface area contributed by atoms with Crippen molar-refractivity contribution in [3.8, 4) is 0 Å². The molecular formula is C83H173N17O6. The zero-order valence-corrected chi connectivity index (χ0v) is 72.5. The molecule has 4 atom stereocenters. The van der Waals surface area contributed by atoms with Crippen molar-refractivity contribution in [2.24, 2.45) is 29.1 Å². The summed E-state index contributed by atoms with van der Waals surface area (Å²) in [7, 11) is 35.4. The molecule has 2 unspecified atom stereocenters. The van der Waals surface area contributed by atoms with Gasteiger partial charge in [0.1, 0.15) is 0 Å². The Morgan fingerprint density at radius 3 is 1.20 bits per heavy atom. The molecular weight excluding hydrogens is 1330 g/mol. The molecule has 0 aromatic heterocycles. The average Bonchev–Trinajstić information content (AvgIpc) is 1.70. The van der Waals surface area contributed by atoms with Gasteiger partial charge in [-0.3, -0.25) is 14.7 Å². The molecule has 626 valence electrons. The lowest BCUT2D eigenvalue weighted by molar-refractivity contribution is -0.0872. The third kappa shape index (κ3) is 38.0. The van der Waals surface area contributed by atoms with Crippen LogP contribution in [0.15, 0.2) is 0 Å². The number of likely N-dealkylation sites (N-methyl/N-ethyl adjacent to an activating group) is 8. The summed E-state index contributed by atoms with van der Waals surface area (Å²) in [6.07, 6.45) is 20.0. The second-order valence-corrected chi connectivity index (χ2v) is 35.6. The molecule has 0 amide bonds. The lowest BCUT2D eigenvalue weighted by Gasteiger charge is -2.58. The Labute approximate surface area is 653 Å². The van der Waals surface area contributed by atoms with Crippen LogP contribution >= 0.6 is 0 Å². The Kier molecular flexibility index (Phi) is 47.9. The maximum Gasteiger partial charge on any atom is 0.0589 e. The molecule has 0 N–H and O–H groups in total. The Morgan fingerprint density at radius 1 is 0.330 bits per heavy atom. The summed E-state index contributed by atoms with van der Waals surface area (Å²) in [5.41, 5.74) is 0.757. The van der Waals surface area contributed by atoms with Crippen molar-refractivity contribution in [1.82, 2.24) is 83.3 Å². The van der Waals surface area contributed by atoms with Crippen LogP contribution in [0, 0.1) is 29.1 Å². The van der Waals surface area contributed by atoms with E-state index in [1.807, 2.05) is 0 Å². The molecule has 1 saturated carbocycles. The number of likely N-dealkylation sites (tertiary alicyclic amines) is 8. The van der Waals surface area contributed by atoms with E-state index in [1.54, 1.807) is 35.5 Å². The maximum atomic E-state index is 5.28. The summed E-state index contributed by atoms with van der Waals surface area (Å²) in [5, 5.41) is 0. The van der Waals surface area contributed by atoms with Gasteiger partial charge in [-0.15, -0.1) is 0 Å². The van der Waals surface area contributed by atoms with Gasteiger partial charge >= 0.3 is 0 Å². The topological polar surface area (TPSA) is 110 Å². The highest BCUT2D eigenvalue weighted by atomic mass is 16.5. The first-order chi connectivity index (χ1) is 51.2. The molecule has 12 aliphatic heterocycles. The highest BCUT2D eigenvalue weighted by Crippen LogP contribution is 2.52. The highest BCUT2D eigenvalue weighted by Gasteiger charge is 2.50. The van der Waals surface area contributed by atoms with Gasteiger partial charge in [0.15, 0.2) is 0 Å². The number of piperazine rings is 5. The molecule has 0 aromatic carbocycles. The number of nitrogens with zero attached hydrogens (tertiary/aromatic N) is 17. The van der Waals surface area contributed by atoms with Gasteiger partial charge in [-0.05, 0) is 262 Å². The summed E-state index contributed by atoms with van der Waals surface area (Å²) in [6.45, 7) is 50.4. The van der Waals surface area contributed by atoms with Gasteiger partial charge in [-0.25, -0.2) is 0 Å². The van der Waals surface area contributed by atoms with Crippen LogP contribution in [0.25, 0.3) is 0 Å². The molecule has 0 aromatic rings. The predicted octanol–water partition coefficient (Wildman–Crippen LogP) is 4.79. The van der Waals surface area contributed by atoms with Crippen LogP contribution in [-0.2, 0) is 28.4 Å². The first-order valence-corrected chi connectivity index (χ1v) is 43.1. The van der Waals surface area contributed by atoms with Crippen molar-refractivity contribution in [2.75, 3.05) is 395 Å². The van der Waals surface area contributed by atoms with E-state index >= 15 is 0 Å². The maximum absolute atomic E-state index is 5.28. The molecule has 12 heterocycles. The van der Waals surface area contributed by atoms with E-state index in [9.17, 15) is 0 Å². The van der Waals surface area contributed by atoms with E-state index in [-0.39, 0.29) is 0 Å². The molecule has 13 rings (SSSR count). The minimum Gasteiger partial charge on any atom is -0.385 e. The van der Waals surface area contributed by atoms with Gasteiger partial charge < -0.3 is 97.0 Å². The standard InChI is InChI=1S/C13H25N3.C13H27N3.C12H25N3.C10H19NO.C9H19N3.2C9H20N2O.C8H18O3/c1-14-5-3-11(4-6-14)8-16-10-12-7-13(16)9-15(12)2;1-14-6-3-13(4-7-14)5-8-16-11-9-15(2)10-12-16;1-13-7-9-15(10-8-13)6-4-12-3-5-14(2)11-12;1-11-7-10(8-11)5-9(6-10)3-4-12-2;1-10-3-5-12(6-4-10)9-7-11(2)8-9;1-10-5-4-9(8-10)11(2)6-7-12-3;1-10-5-7-11(8-6-10)4-3-9-12-2;1-9-5-3-7-11-8-4-6-10-2/h11-13H,3-10H2,1-2H3;13H,3-12H2,1-2H3;12H,3-11H2,1-2H3;2*9H,3-8H2,1-2H3;9H,4-8H2,1-3H3;3-9H2,1-2H3;3-8H2,1-2H3/t12-,13-;;;;;;;/m1......./s1. The fourth-order valence-corrected chi connectivity index (χ4v) is 18.2. The van der Waals surface area contributed by atoms with Gasteiger partial charge in [-0.1, -0.05) is 0 Å². The van der Waals surface area contributed by atoms with E-state index in [1.165, 1.54) is 306 Å².